The van der Waals surface area contributed by atoms with E-state index in [9.17, 15) is 9.59 Å². The average molecular weight is 970 g/mol. The van der Waals surface area contributed by atoms with Gasteiger partial charge in [0.2, 0.25) is 5.91 Å². The number of fused-ring (bicyclic) bond motifs is 1. The molecular formula is C53H75N7O10. The van der Waals surface area contributed by atoms with Crippen molar-refractivity contribution in [3.63, 3.8) is 0 Å². The van der Waals surface area contributed by atoms with Gasteiger partial charge in [0.05, 0.1) is 104 Å². The van der Waals surface area contributed by atoms with Gasteiger partial charge in [-0.05, 0) is 66.9 Å². The SMILES string of the molecule is COC[C@H]1CN[C@H](C)CN1CC(=O)N1CC(C)(C)c2ncc(Cc3ccccc3OCCOCCOCCOCCOCCOCCOCCN[C@H](C)c3ccc(C(=O)Nc4ccncc4)cc3)cc21. The number of piperazine rings is 1. The van der Waals surface area contributed by atoms with E-state index >= 15 is 0 Å². The topological polar surface area (TPSA) is 176 Å². The summed E-state index contributed by atoms with van der Waals surface area (Å²) in [5, 5.41) is 9.82. The molecule has 0 radical (unpaired) electrons. The van der Waals surface area contributed by atoms with Crippen molar-refractivity contribution in [2.24, 2.45) is 0 Å². The number of hydrogen-bond donors (Lipinski definition) is 3. The van der Waals surface area contributed by atoms with Crippen molar-refractivity contribution in [2.45, 2.75) is 57.7 Å². The summed E-state index contributed by atoms with van der Waals surface area (Å²) in [6.45, 7) is 18.5. The monoisotopic (exact) mass is 970 g/mol. The first kappa shape index (κ1) is 54.4. The Morgan fingerprint density at radius 3 is 2.07 bits per heavy atom. The fraction of sp³-hybridized carbons (Fsp3) is 0.547. The molecule has 17 nitrogen and oxygen atoms in total. The molecule has 3 N–H and O–H groups in total. The van der Waals surface area contributed by atoms with Crippen LogP contribution in [0.1, 0.15) is 66.5 Å². The number of nitrogens with one attached hydrogen (secondary N) is 3. The van der Waals surface area contributed by atoms with Crippen molar-refractivity contribution in [3.05, 3.63) is 113 Å². The second-order valence-electron chi connectivity index (χ2n) is 18.2. The molecule has 6 rings (SSSR count). The predicted molar refractivity (Wildman–Crippen MR) is 269 cm³/mol. The number of amides is 2. The van der Waals surface area contributed by atoms with E-state index in [4.69, 9.17) is 42.9 Å². The molecule has 0 saturated carbocycles. The summed E-state index contributed by atoms with van der Waals surface area (Å²) in [4.78, 5) is 39.4. The van der Waals surface area contributed by atoms with Gasteiger partial charge < -0.3 is 58.7 Å². The highest BCUT2D eigenvalue weighted by atomic mass is 16.6. The summed E-state index contributed by atoms with van der Waals surface area (Å²) < 4.78 is 45.5. The Morgan fingerprint density at radius 2 is 1.43 bits per heavy atom. The van der Waals surface area contributed by atoms with Gasteiger partial charge in [0.1, 0.15) is 12.4 Å². The van der Waals surface area contributed by atoms with Gasteiger partial charge in [-0.1, -0.05) is 44.2 Å². The fourth-order valence-corrected chi connectivity index (χ4v) is 8.39. The zero-order chi connectivity index (χ0) is 49.4. The van der Waals surface area contributed by atoms with E-state index in [1.54, 1.807) is 31.6 Å². The number of methoxy groups -OCH3 is 1. The number of ether oxygens (including phenoxy) is 8. The van der Waals surface area contributed by atoms with Crippen LogP contribution in [0.4, 0.5) is 11.4 Å². The highest BCUT2D eigenvalue weighted by molar-refractivity contribution is 6.04. The molecule has 0 unspecified atom stereocenters. The molecule has 70 heavy (non-hydrogen) atoms. The third-order valence-electron chi connectivity index (χ3n) is 12.2. The third-order valence-corrected chi connectivity index (χ3v) is 12.2. The smallest absolute Gasteiger partial charge is 0.255 e. The van der Waals surface area contributed by atoms with Crippen molar-refractivity contribution < 1.29 is 47.5 Å². The maximum absolute atomic E-state index is 13.9. The minimum Gasteiger partial charge on any atom is -0.491 e. The van der Waals surface area contributed by atoms with E-state index in [2.05, 4.69) is 65.7 Å². The number of rotatable bonds is 32. The summed E-state index contributed by atoms with van der Waals surface area (Å²) in [6, 6.07) is 21.8. The van der Waals surface area contributed by atoms with E-state index in [-0.39, 0.29) is 29.3 Å². The van der Waals surface area contributed by atoms with E-state index < -0.39 is 0 Å². The molecule has 0 bridgehead atoms. The Balaban J connectivity index is 0.737. The van der Waals surface area contributed by atoms with Crippen LogP contribution in [-0.4, -0.2) is 171 Å². The lowest BCUT2D eigenvalue weighted by Crippen LogP contribution is -2.59. The van der Waals surface area contributed by atoms with Crippen LogP contribution in [0.2, 0.25) is 0 Å². The van der Waals surface area contributed by atoms with E-state index in [0.29, 0.717) is 136 Å². The first-order valence-electron chi connectivity index (χ1n) is 24.6. The second-order valence-corrected chi connectivity index (χ2v) is 18.2. The Kier molecular flexibility index (Phi) is 22.9. The number of benzene rings is 2. The molecular weight excluding hydrogens is 895 g/mol. The van der Waals surface area contributed by atoms with Crippen molar-refractivity contribution >= 4 is 23.2 Å². The lowest BCUT2D eigenvalue weighted by Gasteiger charge is -2.39. The molecule has 0 spiro atoms. The molecule has 1 saturated heterocycles. The lowest BCUT2D eigenvalue weighted by atomic mass is 9.91. The van der Waals surface area contributed by atoms with Gasteiger partial charge in [0.15, 0.2) is 0 Å². The average Bonchev–Trinajstić information content (AvgIpc) is 3.63. The zero-order valence-corrected chi connectivity index (χ0v) is 41.8. The number of carbonyl (C=O) groups excluding carboxylic acids is 2. The molecule has 2 aromatic carbocycles. The Morgan fingerprint density at radius 1 is 0.814 bits per heavy atom. The molecule has 382 valence electrons. The highest BCUT2D eigenvalue weighted by Crippen LogP contribution is 2.40. The van der Waals surface area contributed by atoms with E-state index in [0.717, 1.165) is 46.9 Å². The van der Waals surface area contributed by atoms with Crippen LogP contribution in [-0.2, 0) is 49.8 Å². The van der Waals surface area contributed by atoms with Gasteiger partial charge >= 0.3 is 0 Å². The van der Waals surface area contributed by atoms with Gasteiger partial charge in [0, 0.05) is 93.1 Å². The summed E-state index contributed by atoms with van der Waals surface area (Å²) >= 11 is 0. The molecule has 4 aromatic rings. The van der Waals surface area contributed by atoms with Crippen LogP contribution < -0.4 is 25.6 Å². The fourth-order valence-electron chi connectivity index (χ4n) is 8.39. The standard InChI is InChI=1S/C53H75N7O10/c1-40-36-59(47(35-56-40)38-63-5)37-50(61)60-39-53(3,4)51-48(60)33-42(34-57-51)32-45-8-6-7-9-49(45)70-31-30-69-29-28-68-27-26-67-25-24-66-23-22-65-21-20-64-19-18-55-41(2)43-10-12-44(13-11-43)52(62)58-46-14-16-54-17-15-46/h6-17,33-34,40-41,47,55-56H,18-32,35-39H2,1-5H3,(H,54,58,62)/t40-,41-,47-/m1/s1. The summed E-state index contributed by atoms with van der Waals surface area (Å²) in [7, 11) is 1.71. The number of hydrogen-bond acceptors (Lipinski definition) is 15. The van der Waals surface area contributed by atoms with Crippen LogP contribution in [0.15, 0.2) is 85.3 Å². The number of carbonyl (C=O) groups is 2. The summed E-state index contributed by atoms with van der Waals surface area (Å²) in [6.07, 6.45) is 5.83. The van der Waals surface area contributed by atoms with Crippen molar-refractivity contribution in [3.8, 4) is 5.75 Å². The van der Waals surface area contributed by atoms with Crippen LogP contribution >= 0.6 is 0 Å². The van der Waals surface area contributed by atoms with E-state index in [1.807, 2.05) is 53.6 Å². The van der Waals surface area contributed by atoms with Crippen LogP contribution in [0, 0.1) is 0 Å². The Hall–Kier alpha value is -4.92. The Bertz CT molecular complexity index is 2150. The second kappa shape index (κ2) is 29.4. The minimum absolute atomic E-state index is 0.0860. The minimum atomic E-state index is -0.248. The first-order chi connectivity index (χ1) is 34.1. The molecule has 2 aliphatic rings. The quantitative estimate of drug-likeness (QED) is 0.0552. The molecule has 2 amide bonds. The predicted octanol–water partition coefficient (Wildman–Crippen LogP) is 5.08. The van der Waals surface area contributed by atoms with Gasteiger partial charge in [-0.2, -0.15) is 0 Å². The van der Waals surface area contributed by atoms with Crippen molar-refractivity contribution in [2.75, 3.05) is 143 Å². The van der Waals surface area contributed by atoms with Crippen LogP contribution in [0.5, 0.6) is 5.75 Å². The zero-order valence-electron chi connectivity index (χ0n) is 41.8. The molecule has 2 aliphatic heterocycles. The number of para-hydroxylation sites is 1. The Labute approximate surface area is 414 Å². The first-order valence-corrected chi connectivity index (χ1v) is 24.6. The van der Waals surface area contributed by atoms with Crippen LogP contribution in [0.25, 0.3) is 0 Å². The molecule has 4 heterocycles. The lowest BCUT2D eigenvalue weighted by molar-refractivity contribution is -0.121. The number of nitrogens with zero attached hydrogens (tertiary/aromatic N) is 4. The van der Waals surface area contributed by atoms with Gasteiger partial charge in [0.25, 0.3) is 5.91 Å². The van der Waals surface area contributed by atoms with E-state index in [1.165, 1.54) is 0 Å². The normalized spacial score (nSPS) is 17.1. The number of anilines is 2. The van der Waals surface area contributed by atoms with Crippen LogP contribution in [0.3, 0.4) is 0 Å². The molecule has 1 fully saturated rings. The van der Waals surface area contributed by atoms with Gasteiger partial charge in [-0.3, -0.25) is 24.5 Å². The van der Waals surface area contributed by atoms with Crippen molar-refractivity contribution in [1.82, 2.24) is 25.5 Å². The molecule has 0 aliphatic carbocycles. The molecule has 17 heteroatoms. The third kappa shape index (κ3) is 17.7. The highest BCUT2D eigenvalue weighted by Gasteiger charge is 2.40. The maximum atomic E-state index is 13.9. The summed E-state index contributed by atoms with van der Waals surface area (Å²) in [5.74, 6) is 0.725. The summed E-state index contributed by atoms with van der Waals surface area (Å²) in [5.41, 5.74) is 6.05. The van der Waals surface area contributed by atoms with Gasteiger partial charge in [-0.15, -0.1) is 0 Å². The molecule has 2 aromatic heterocycles. The van der Waals surface area contributed by atoms with Crippen molar-refractivity contribution in [1.29, 1.82) is 0 Å². The number of pyridine rings is 2. The number of aromatic nitrogens is 2. The maximum Gasteiger partial charge on any atom is 0.255 e. The molecule has 3 atom stereocenters. The van der Waals surface area contributed by atoms with Gasteiger partial charge in [-0.25, -0.2) is 0 Å². The largest absolute Gasteiger partial charge is 0.491 e.